The predicted molar refractivity (Wildman–Crippen MR) is 78.0 cm³/mol. The monoisotopic (exact) mass is 263 g/mol. The van der Waals surface area contributed by atoms with Gasteiger partial charge in [-0.2, -0.15) is 0 Å². The van der Waals surface area contributed by atoms with E-state index in [1.54, 1.807) is 6.07 Å². The Bertz CT molecular complexity index is 462. The molecule has 106 valence electrons. The summed E-state index contributed by atoms with van der Waals surface area (Å²) in [7, 11) is 0. The van der Waals surface area contributed by atoms with Gasteiger partial charge in [0.2, 0.25) is 0 Å². The molecule has 1 saturated carbocycles. The fourth-order valence-electron chi connectivity index (χ4n) is 2.98. The number of hydrogen-bond donors (Lipinski definition) is 2. The first kappa shape index (κ1) is 14.0. The zero-order chi connectivity index (χ0) is 14.0. The standard InChI is InChI=1S/C15H25N3O/c1-4-8-18-10-11(16)9-12(18)14(19)17-13-6-5-7-15(13,2)3/h9-10,13H,4-8,16H2,1-3H3,(H,17,19). The summed E-state index contributed by atoms with van der Waals surface area (Å²) >= 11 is 0. The van der Waals surface area contributed by atoms with Crippen molar-refractivity contribution in [3.8, 4) is 0 Å². The van der Waals surface area contributed by atoms with E-state index in [0.717, 1.165) is 19.4 Å². The molecule has 1 aliphatic carbocycles. The van der Waals surface area contributed by atoms with Crippen molar-refractivity contribution in [3.63, 3.8) is 0 Å². The number of nitrogens with one attached hydrogen (secondary N) is 1. The third-order valence-electron chi connectivity index (χ3n) is 4.18. The van der Waals surface area contributed by atoms with E-state index >= 15 is 0 Å². The number of carbonyl (C=O) groups is 1. The lowest BCUT2D eigenvalue weighted by atomic mass is 9.87. The molecule has 0 bridgehead atoms. The van der Waals surface area contributed by atoms with Crippen LogP contribution in [-0.2, 0) is 6.54 Å². The fourth-order valence-corrected chi connectivity index (χ4v) is 2.98. The van der Waals surface area contributed by atoms with Crippen molar-refractivity contribution in [1.29, 1.82) is 0 Å². The van der Waals surface area contributed by atoms with Gasteiger partial charge >= 0.3 is 0 Å². The molecular formula is C15H25N3O. The van der Waals surface area contributed by atoms with E-state index in [1.165, 1.54) is 12.8 Å². The summed E-state index contributed by atoms with van der Waals surface area (Å²) in [6.07, 6.45) is 6.27. The number of nitrogens with zero attached hydrogens (tertiary/aromatic N) is 1. The molecular weight excluding hydrogens is 238 g/mol. The van der Waals surface area contributed by atoms with Crippen LogP contribution in [0.3, 0.4) is 0 Å². The lowest BCUT2D eigenvalue weighted by molar-refractivity contribution is 0.0900. The Balaban J connectivity index is 2.11. The molecule has 1 fully saturated rings. The second-order valence-corrected chi connectivity index (χ2v) is 6.26. The van der Waals surface area contributed by atoms with E-state index in [1.807, 2.05) is 10.8 Å². The molecule has 4 nitrogen and oxygen atoms in total. The van der Waals surface area contributed by atoms with Gasteiger partial charge in [0.15, 0.2) is 0 Å². The van der Waals surface area contributed by atoms with E-state index in [9.17, 15) is 4.79 Å². The summed E-state index contributed by atoms with van der Waals surface area (Å²) in [5, 5.41) is 3.18. The Morgan fingerprint density at radius 1 is 1.58 bits per heavy atom. The number of rotatable bonds is 4. The highest BCUT2D eigenvalue weighted by molar-refractivity contribution is 5.94. The minimum absolute atomic E-state index is 0.00475. The largest absolute Gasteiger partial charge is 0.397 e. The first-order valence-electron chi connectivity index (χ1n) is 7.20. The van der Waals surface area contributed by atoms with Crippen LogP contribution in [-0.4, -0.2) is 16.5 Å². The van der Waals surface area contributed by atoms with Gasteiger partial charge in [0.05, 0.1) is 5.69 Å². The number of nitrogens with two attached hydrogens (primary N) is 1. The summed E-state index contributed by atoms with van der Waals surface area (Å²) < 4.78 is 1.95. The van der Waals surface area contributed by atoms with E-state index in [0.29, 0.717) is 11.4 Å². The third kappa shape index (κ3) is 2.94. The summed E-state index contributed by atoms with van der Waals surface area (Å²) in [6.45, 7) is 7.38. The molecule has 1 aromatic heterocycles. The van der Waals surface area contributed by atoms with Gasteiger partial charge in [-0.05, 0) is 30.7 Å². The number of aromatic nitrogens is 1. The van der Waals surface area contributed by atoms with Gasteiger partial charge in [0, 0.05) is 18.8 Å². The number of nitrogen functional groups attached to an aromatic ring is 1. The van der Waals surface area contributed by atoms with Crippen molar-refractivity contribution in [3.05, 3.63) is 18.0 Å². The van der Waals surface area contributed by atoms with Crippen molar-refractivity contribution < 1.29 is 4.79 Å². The van der Waals surface area contributed by atoms with Crippen LogP contribution < -0.4 is 11.1 Å². The van der Waals surface area contributed by atoms with Crippen LogP contribution in [0.1, 0.15) is 56.9 Å². The van der Waals surface area contributed by atoms with Crippen LogP contribution in [0.2, 0.25) is 0 Å². The highest BCUT2D eigenvalue weighted by Gasteiger charge is 2.35. The minimum atomic E-state index is 0.00475. The van der Waals surface area contributed by atoms with Crippen molar-refractivity contribution in [2.45, 2.75) is 59.0 Å². The average Bonchev–Trinajstić information content (AvgIpc) is 2.83. The zero-order valence-electron chi connectivity index (χ0n) is 12.2. The maximum absolute atomic E-state index is 12.4. The lowest BCUT2D eigenvalue weighted by Gasteiger charge is -2.27. The Morgan fingerprint density at radius 2 is 2.32 bits per heavy atom. The van der Waals surface area contributed by atoms with Gasteiger partial charge in [0.1, 0.15) is 5.69 Å². The second-order valence-electron chi connectivity index (χ2n) is 6.26. The number of amides is 1. The quantitative estimate of drug-likeness (QED) is 0.877. The molecule has 1 amide bonds. The summed E-state index contributed by atoms with van der Waals surface area (Å²) in [5.41, 5.74) is 7.35. The number of anilines is 1. The topological polar surface area (TPSA) is 60.0 Å². The third-order valence-corrected chi connectivity index (χ3v) is 4.18. The first-order valence-corrected chi connectivity index (χ1v) is 7.20. The van der Waals surface area contributed by atoms with Gasteiger partial charge in [-0.1, -0.05) is 27.2 Å². The molecule has 0 saturated heterocycles. The summed E-state index contributed by atoms with van der Waals surface area (Å²) in [6, 6.07) is 2.04. The van der Waals surface area contributed by atoms with Gasteiger partial charge in [-0.25, -0.2) is 0 Å². The molecule has 19 heavy (non-hydrogen) atoms. The number of hydrogen-bond acceptors (Lipinski definition) is 2. The van der Waals surface area contributed by atoms with Crippen LogP contribution in [0.25, 0.3) is 0 Å². The molecule has 2 rings (SSSR count). The van der Waals surface area contributed by atoms with Crippen molar-refractivity contribution in [1.82, 2.24) is 9.88 Å². The van der Waals surface area contributed by atoms with Crippen LogP contribution in [0.5, 0.6) is 0 Å². The Morgan fingerprint density at radius 3 is 2.89 bits per heavy atom. The van der Waals surface area contributed by atoms with Gasteiger partial charge in [-0.3, -0.25) is 4.79 Å². The number of carbonyl (C=O) groups excluding carboxylic acids is 1. The Labute approximate surface area is 115 Å². The van der Waals surface area contributed by atoms with E-state index in [4.69, 9.17) is 5.73 Å². The normalized spacial score (nSPS) is 21.5. The maximum atomic E-state index is 12.4. The van der Waals surface area contributed by atoms with Gasteiger partial charge in [0.25, 0.3) is 5.91 Å². The average molecular weight is 263 g/mol. The van der Waals surface area contributed by atoms with E-state index < -0.39 is 0 Å². The molecule has 0 aromatic carbocycles. The molecule has 1 aromatic rings. The highest BCUT2D eigenvalue weighted by atomic mass is 16.2. The Hall–Kier alpha value is -1.45. The number of aryl methyl sites for hydroxylation is 1. The van der Waals surface area contributed by atoms with Gasteiger partial charge < -0.3 is 15.6 Å². The molecule has 3 N–H and O–H groups in total. The van der Waals surface area contributed by atoms with E-state index in [2.05, 4.69) is 26.1 Å². The maximum Gasteiger partial charge on any atom is 0.268 e. The minimum Gasteiger partial charge on any atom is -0.397 e. The molecule has 1 unspecified atom stereocenters. The van der Waals surface area contributed by atoms with Crippen molar-refractivity contribution in [2.24, 2.45) is 5.41 Å². The second kappa shape index (κ2) is 5.27. The van der Waals surface area contributed by atoms with Crippen LogP contribution in [0.4, 0.5) is 5.69 Å². The zero-order valence-corrected chi connectivity index (χ0v) is 12.2. The molecule has 0 spiro atoms. The molecule has 1 aliphatic rings. The SMILES string of the molecule is CCCn1cc(N)cc1C(=O)NC1CCCC1(C)C. The summed E-state index contributed by atoms with van der Waals surface area (Å²) in [4.78, 5) is 12.4. The smallest absolute Gasteiger partial charge is 0.268 e. The van der Waals surface area contributed by atoms with Gasteiger partial charge in [-0.15, -0.1) is 0 Å². The molecule has 1 atom stereocenters. The Kier molecular flexibility index (Phi) is 3.88. The molecule has 4 heteroatoms. The predicted octanol–water partition coefficient (Wildman–Crippen LogP) is 2.79. The van der Waals surface area contributed by atoms with Crippen LogP contribution >= 0.6 is 0 Å². The van der Waals surface area contributed by atoms with Crippen LogP contribution in [0, 0.1) is 5.41 Å². The van der Waals surface area contributed by atoms with Crippen molar-refractivity contribution >= 4 is 11.6 Å². The summed E-state index contributed by atoms with van der Waals surface area (Å²) in [5.74, 6) is 0.00475. The molecule has 0 radical (unpaired) electrons. The first-order chi connectivity index (χ1) is 8.94. The highest BCUT2D eigenvalue weighted by Crippen LogP contribution is 2.37. The van der Waals surface area contributed by atoms with Crippen LogP contribution in [0.15, 0.2) is 12.3 Å². The molecule has 1 heterocycles. The van der Waals surface area contributed by atoms with E-state index in [-0.39, 0.29) is 17.4 Å². The van der Waals surface area contributed by atoms with Crippen molar-refractivity contribution in [2.75, 3.05) is 5.73 Å². The molecule has 0 aliphatic heterocycles. The fraction of sp³-hybridized carbons (Fsp3) is 0.667. The lowest BCUT2D eigenvalue weighted by Crippen LogP contribution is -2.42.